The second-order valence-corrected chi connectivity index (χ2v) is 9.87. The number of aliphatic hydroxyl groups excluding tert-OH is 1. The Bertz CT molecular complexity index is 1300. The number of carbonyl (C=O) groups excluding carboxylic acids is 1. The maximum Gasteiger partial charge on any atom is 0.253 e. The smallest absolute Gasteiger partial charge is 0.253 e. The second-order valence-electron chi connectivity index (χ2n) is 9.87. The van der Waals surface area contributed by atoms with E-state index in [4.69, 9.17) is 0 Å². The van der Waals surface area contributed by atoms with E-state index in [1.54, 1.807) is 4.90 Å². The molecule has 0 radical (unpaired) electrons. The van der Waals surface area contributed by atoms with Gasteiger partial charge in [-0.1, -0.05) is 48.5 Å². The molecule has 0 aliphatic heterocycles. The predicted molar refractivity (Wildman–Crippen MR) is 136 cm³/mol. The van der Waals surface area contributed by atoms with Gasteiger partial charge in [-0.25, -0.2) is 0 Å². The van der Waals surface area contributed by atoms with E-state index < -0.39 is 0 Å². The molecule has 0 unspecified atom stereocenters. The Kier molecular flexibility index (Phi) is 6.64. The number of pyridine rings is 1. The third kappa shape index (κ3) is 5.13. The fourth-order valence-corrected chi connectivity index (χ4v) is 5.33. The molecule has 1 amide bonds. The lowest BCUT2D eigenvalue weighted by Gasteiger charge is -2.19. The Morgan fingerprint density at radius 2 is 1.77 bits per heavy atom. The average molecular weight is 469 g/mol. The van der Waals surface area contributed by atoms with Gasteiger partial charge in [0.15, 0.2) is 5.65 Å². The van der Waals surface area contributed by atoms with Crippen molar-refractivity contribution in [1.82, 2.24) is 19.5 Å². The highest BCUT2D eigenvalue weighted by Gasteiger charge is 2.30. The minimum Gasteiger partial charge on any atom is -0.388 e. The van der Waals surface area contributed by atoms with E-state index >= 15 is 0 Å². The molecule has 180 valence electrons. The number of amides is 1. The number of carbonyl (C=O) groups is 1. The van der Waals surface area contributed by atoms with Gasteiger partial charge >= 0.3 is 0 Å². The standard InChI is InChI=1S/C29H32N4O2/c1-20-30-31-27-15-11-23(19-33(20)27)18-32(2)29(35)25-12-8-21(9-13-25)16-22-10-14-26(17-22)28(34)24-6-4-3-5-7-24/h3-9,11-13,15,19,22,26,28,34H,10,14,16-18H2,1-2H3/t22-,26-,28+/m0/s1. The molecule has 0 bridgehead atoms. The van der Waals surface area contributed by atoms with Gasteiger partial charge in [0.05, 0.1) is 6.10 Å². The molecule has 0 spiro atoms. The third-order valence-corrected chi connectivity index (χ3v) is 7.30. The van der Waals surface area contributed by atoms with Gasteiger partial charge in [0.25, 0.3) is 5.91 Å². The van der Waals surface area contributed by atoms with Crippen LogP contribution >= 0.6 is 0 Å². The van der Waals surface area contributed by atoms with Gasteiger partial charge in [-0.2, -0.15) is 0 Å². The minimum atomic E-state index is -0.383. The van der Waals surface area contributed by atoms with Crippen molar-refractivity contribution < 1.29 is 9.90 Å². The Labute approximate surface area is 206 Å². The summed E-state index contributed by atoms with van der Waals surface area (Å²) >= 11 is 0. The van der Waals surface area contributed by atoms with Crippen molar-refractivity contribution in [3.8, 4) is 0 Å². The molecule has 0 saturated heterocycles. The Balaban J connectivity index is 1.17. The van der Waals surface area contributed by atoms with Crippen LogP contribution in [0.25, 0.3) is 5.65 Å². The molecular formula is C29H32N4O2. The van der Waals surface area contributed by atoms with E-state index in [2.05, 4.69) is 22.3 Å². The number of aryl methyl sites for hydroxylation is 1. The van der Waals surface area contributed by atoms with Gasteiger partial charge in [0.2, 0.25) is 0 Å². The van der Waals surface area contributed by atoms with Crippen molar-refractivity contribution in [2.75, 3.05) is 7.05 Å². The van der Waals surface area contributed by atoms with Gasteiger partial charge in [0, 0.05) is 25.4 Å². The molecule has 3 atom stereocenters. The average Bonchev–Trinajstić information content (AvgIpc) is 3.50. The number of benzene rings is 2. The second kappa shape index (κ2) is 10.0. The first-order valence-corrected chi connectivity index (χ1v) is 12.4. The zero-order valence-corrected chi connectivity index (χ0v) is 20.3. The molecule has 1 saturated carbocycles. The zero-order valence-electron chi connectivity index (χ0n) is 20.3. The quantitative estimate of drug-likeness (QED) is 0.414. The Hall–Kier alpha value is -3.51. The van der Waals surface area contributed by atoms with E-state index in [1.807, 2.05) is 79.2 Å². The molecule has 6 nitrogen and oxygen atoms in total. The molecule has 2 aromatic carbocycles. The fraction of sp³-hybridized carbons (Fsp3) is 0.345. The van der Waals surface area contributed by atoms with Crippen LogP contribution < -0.4 is 0 Å². The number of nitrogens with zero attached hydrogens (tertiary/aromatic N) is 4. The summed E-state index contributed by atoms with van der Waals surface area (Å²) in [5.41, 5.74) is 4.79. The van der Waals surface area contributed by atoms with Crippen LogP contribution in [0.5, 0.6) is 0 Å². The van der Waals surface area contributed by atoms with E-state index in [1.165, 1.54) is 5.56 Å². The van der Waals surface area contributed by atoms with Gasteiger partial charge in [-0.05, 0) is 79.3 Å². The minimum absolute atomic E-state index is 0.00374. The van der Waals surface area contributed by atoms with E-state index in [9.17, 15) is 9.90 Å². The molecule has 5 rings (SSSR count). The number of rotatable bonds is 7. The molecule has 1 N–H and O–H groups in total. The van der Waals surface area contributed by atoms with Crippen LogP contribution in [0.3, 0.4) is 0 Å². The van der Waals surface area contributed by atoms with Crippen LogP contribution in [0.4, 0.5) is 0 Å². The molecule has 2 aromatic heterocycles. The van der Waals surface area contributed by atoms with Crippen molar-refractivity contribution in [1.29, 1.82) is 0 Å². The molecule has 1 aliphatic carbocycles. The molecule has 4 aromatic rings. The predicted octanol–water partition coefficient (Wildman–Crippen LogP) is 5.00. The number of hydrogen-bond donors (Lipinski definition) is 1. The lowest BCUT2D eigenvalue weighted by atomic mass is 9.91. The highest BCUT2D eigenvalue weighted by Crippen LogP contribution is 2.40. The number of fused-ring (bicyclic) bond motifs is 1. The van der Waals surface area contributed by atoms with Gasteiger partial charge in [0.1, 0.15) is 5.82 Å². The lowest BCUT2D eigenvalue weighted by molar-refractivity contribution is 0.0785. The summed E-state index contributed by atoms with van der Waals surface area (Å²) in [7, 11) is 1.83. The monoisotopic (exact) mass is 468 g/mol. The van der Waals surface area contributed by atoms with Crippen LogP contribution in [-0.2, 0) is 13.0 Å². The van der Waals surface area contributed by atoms with Crippen molar-refractivity contribution in [2.45, 2.75) is 45.3 Å². The van der Waals surface area contributed by atoms with E-state index in [0.717, 1.165) is 48.3 Å². The maximum atomic E-state index is 13.0. The van der Waals surface area contributed by atoms with Crippen LogP contribution in [-0.4, -0.2) is 37.6 Å². The fourth-order valence-electron chi connectivity index (χ4n) is 5.33. The molecular weight excluding hydrogens is 436 g/mol. The summed E-state index contributed by atoms with van der Waals surface area (Å²) in [5, 5.41) is 19.0. The van der Waals surface area contributed by atoms with Gasteiger partial charge < -0.3 is 10.0 Å². The summed E-state index contributed by atoms with van der Waals surface area (Å²) in [6, 6.07) is 21.9. The molecule has 35 heavy (non-hydrogen) atoms. The third-order valence-electron chi connectivity index (χ3n) is 7.30. The normalized spacial score (nSPS) is 18.6. The zero-order chi connectivity index (χ0) is 24.4. The van der Waals surface area contributed by atoms with Crippen molar-refractivity contribution in [3.63, 3.8) is 0 Å². The van der Waals surface area contributed by atoms with E-state index in [-0.39, 0.29) is 12.0 Å². The largest absolute Gasteiger partial charge is 0.388 e. The van der Waals surface area contributed by atoms with Crippen LogP contribution in [0.15, 0.2) is 72.9 Å². The maximum absolute atomic E-state index is 13.0. The first-order valence-electron chi connectivity index (χ1n) is 12.4. The van der Waals surface area contributed by atoms with Crippen molar-refractivity contribution in [2.24, 2.45) is 11.8 Å². The Morgan fingerprint density at radius 1 is 1.03 bits per heavy atom. The summed E-state index contributed by atoms with van der Waals surface area (Å²) in [6.45, 7) is 2.43. The van der Waals surface area contributed by atoms with Gasteiger partial charge in [-0.15, -0.1) is 10.2 Å². The Morgan fingerprint density at radius 3 is 2.54 bits per heavy atom. The van der Waals surface area contributed by atoms with Crippen LogP contribution in [0.1, 0.15) is 58.2 Å². The summed E-state index contributed by atoms with van der Waals surface area (Å²) < 4.78 is 1.94. The molecule has 2 heterocycles. The van der Waals surface area contributed by atoms with E-state index in [0.29, 0.717) is 23.9 Å². The molecule has 1 fully saturated rings. The number of aliphatic hydroxyl groups is 1. The first-order chi connectivity index (χ1) is 17.0. The van der Waals surface area contributed by atoms with Gasteiger partial charge in [-0.3, -0.25) is 9.20 Å². The summed E-state index contributed by atoms with van der Waals surface area (Å²) in [4.78, 5) is 14.7. The van der Waals surface area contributed by atoms with Crippen molar-refractivity contribution >= 4 is 11.6 Å². The van der Waals surface area contributed by atoms with Crippen molar-refractivity contribution in [3.05, 3.63) is 101 Å². The highest BCUT2D eigenvalue weighted by atomic mass is 16.3. The first kappa shape index (κ1) is 23.2. The van der Waals surface area contributed by atoms with Crippen LogP contribution in [0.2, 0.25) is 0 Å². The number of aromatic nitrogens is 3. The SMILES string of the molecule is Cc1nnc2ccc(CN(C)C(=O)c3ccc(C[C@@H]4CC[C@H]([C@H](O)c5ccccc5)C4)cc3)cn12. The molecule has 6 heteroatoms. The summed E-state index contributed by atoms with van der Waals surface area (Å²) in [5.74, 6) is 1.72. The number of hydrogen-bond acceptors (Lipinski definition) is 4. The topological polar surface area (TPSA) is 70.7 Å². The molecule has 1 aliphatic rings. The summed E-state index contributed by atoms with van der Waals surface area (Å²) in [6.07, 6.45) is 5.82. The lowest BCUT2D eigenvalue weighted by Crippen LogP contribution is -2.26. The highest BCUT2D eigenvalue weighted by molar-refractivity contribution is 5.94. The van der Waals surface area contributed by atoms with Crippen LogP contribution in [0, 0.1) is 18.8 Å².